The molecule has 7 nitrogen and oxygen atoms in total. The van der Waals surface area contributed by atoms with Gasteiger partial charge in [-0.25, -0.2) is 4.79 Å². The second kappa shape index (κ2) is 6.90. The lowest BCUT2D eigenvalue weighted by Gasteiger charge is -2.30. The molecule has 2 heterocycles. The molecule has 0 unspecified atom stereocenters. The minimum absolute atomic E-state index is 0.106. The lowest BCUT2D eigenvalue weighted by Crippen LogP contribution is -2.46. The van der Waals surface area contributed by atoms with Crippen molar-refractivity contribution in [1.29, 1.82) is 0 Å². The first-order chi connectivity index (χ1) is 11.5. The highest BCUT2D eigenvalue weighted by molar-refractivity contribution is 5.96. The number of carbonyl (C=O) groups is 3. The molecule has 2 saturated heterocycles. The third-order valence-electron chi connectivity index (χ3n) is 4.62. The molecule has 0 spiro atoms. The molecule has 7 heteroatoms. The fourth-order valence-electron chi connectivity index (χ4n) is 3.28. The highest BCUT2D eigenvalue weighted by Gasteiger charge is 2.27. The largest absolute Gasteiger partial charge is 0.351 e. The summed E-state index contributed by atoms with van der Waals surface area (Å²) in [6, 6.07) is 6.80. The number of benzene rings is 1. The number of likely N-dealkylation sites (tertiary alicyclic amines) is 1. The number of amides is 4. The molecule has 2 aliphatic heterocycles. The van der Waals surface area contributed by atoms with E-state index in [9.17, 15) is 14.4 Å². The predicted octanol–water partition coefficient (Wildman–Crippen LogP) is 1.54. The summed E-state index contributed by atoms with van der Waals surface area (Å²) >= 11 is 0. The van der Waals surface area contributed by atoms with Crippen LogP contribution in [0.4, 0.5) is 16.2 Å². The Kier molecular flexibility index (Phi) is 4.69. The number of nitrogens with two attached hydrogens (primary N) is 1. The Morgan fingerprint density at radius 3 is 2.50 bits per heavy atom. The number of carbonyl (C=O) groups excluding carboxylic acids is 3. The Morgan fingerprint density at radius 2 is 1.88 bits per heavy atom. The fraction of sp³-hybridized carbons (Fsp3) is 0.471. The van der Waals surface area contributed by atoms with Crippen LogP contribution in [0.15, 0.2) is 24.3 Å². The molecule has 24 heavy (non-hydrogen) atoms. The molecule has 3 rings (SSSR count). The Morgan fingerprint density at radius 1 is 1.12 bits per heavy atom. The predicted molar refractivity (Wildman–Crippen MR) is 90.5 cm³/mol. The van der Waals surface area contributed by atoms with Gasteiger partial charge in [-0.15, -0.1) is 0 Å². The molecule has 128 valence electrons. The van der Waals surface area contributed by atoms with Gasteiger partial charge in [0.15, 0.2) is 0 Å². The number of piperidine rings is 1. The molecule has 1 aromatic rings. The van der Waals surface area contributed by atoms with Crippen LogP contribution in [0.3, 0.4) is 0 Å². The number of nitrogens with one attached hydrogen (secondary N) is 1. The fourth-order valence-corrected chi connectivity index (χ4v) is 3.28. The number of nitrogens with zero attached hydrogens (tertiary/aromatic N) is 2. The third-order valence-corrected chi connectivity index (χ3v) is 4.62. The minimum atomic E-state index is -0.480. The van der Waals surface area contributed by atoms with Crippen molar-refractivity contribution in [3.05, 3.63) is 24.3 Å². The molecule has 1 atom stereocenters. The second-order valence-electron chi connectivity index (χ2n) is 6.31. The van der Waals surface area contributed by atoms with E-state index in [2.05, 4.69) is 5.32 Å². The van der Waals surface area contributed by atoms with Gasteiger partial charge in [-0.05, 0) is 43.5 Å². The topological polar surface area (TPSA) is 95.7 Å². The van der Waals surface area contributed by atoms with E-state index in [4.69, 9.17) is 5.73 Å². The average molecular weight is 330 g/mol. The summed E-state index contributed by atoms with van der Waals surface area (Å²) in [5.41, 5.74) is 6.83. The van der Waals surface area contributed by atoms with Crippen molar-refractivity contribution in [2.24, 2.45) is 11.7 Å². The molecule has 0 aliphatic carbocycles. The molecule has 0 radical (unpaired) electrons. The molecule has 2 fully saturated rings. The van der Waals surface area contributed by atoms with Crippen LogP contribution in [0, 0.1) is 5.92 Å². The molecule has 3 N–H and O–H groups in total. The number of hydrogen-bond acceptors (Lipinski definition) is 3. The maximum Gasteiger partial charge on any atom is 0.314 e. The number of primary amides is 1. The summed E-state index contributed by atoms with van der Waals surface area (Å²) in [7, 11) is 0. The van der Waals surface area contributed by atoms with Gasteiger partial charge in [-0.1, -0.05) is 0 Å². The van der Waals surface area contributed by atoms with Gasteiger partial charge in [-0.2, -0.15) is 0 Å². The molecule has 0 aromatic heterocycles. The van der Waals surface area contributed by atoms with Crippen molar-refractivity contribution in [2.45, 2.75) is 25.7 Å². The van der Waals surface area contributed by atoms with Crippen LogP contribution in [0.1, 0.15) is 25.7 Å². The van der Waals surface area contributed by atoms with Gasteiger partial charge in [0.1, 0.15) is 0 Å². The van der Waals surface area contributed by atoms with Gasteiger partial charge in [0.2, 0.25) is 11.8 Å². The second-order valence-corrected chi connectivity index (χ2v) is 6.31. The van der Waals surface area contributed by atoms with Crippen LogP contribution in [-0.4, -0.2) is 42.4 Å². The normalized spacial score (nSPS) is 21.0. The number of anilines is 2. The van der Waals surface area contributed by atoms with E-state index in [-0.39, 0.29) is 17.7 Å². The van der Waals surface area contributed by atoms with Gasteiger partial charge in [0.05, 0.1) is 5.92 Å². The van der Waals surface area contributed by atoms with Gasteiger partial charge < -0.3 is 20.9 Å². The summed E-state index contributed by atoms with van der Waals surface area (Å²) in [4.78, 5) is 38.6. The number of rotatable bonds is 3. The lowest BCUT2D eigenvalue weighted by molar-refractivity contribution is -0.121. The summed E-state index contributed by atoms with van der Waals surface area (Å²) in [6.45, 7) is 1.72. The summed E-state index contributed by atoms with van der Waals surface area (Å²) < 4.78 is 0. The van der Waals surface area contributed by atoms with Gasteiger partial charge in [0.25, 0.3) is 0 Å². The van der Waals surface area contributed by atoms with Crippen LogP contribution in [0.2, 0.25) is 0 Å². The monoisotopic (exact) mass is 330 g/mol. The minimum Gasteiger partial charge on any atom is -0.351 e. The maximum atomic E-state index is 12.4. The van der Waals surface area contributed by atoms with Crippen molar-refractivity contribution in [1.82, 2.24) is 4.90 Å². The van der Waals surface area contributed by atoms with Crippen molar-refractivity contribution in [2.75, 3.05) is 29.9 Å². The quantitative estimate of drug-likeness (QED) is 0.880. The van der Waals surface area contributed by atoms with Crippen molar-refractivity contribution >= 4 is 29.2 Å². The zero-order chi connectivity index (χ0) is 17.1. The standard InChI is InChI=1S/C17H22N4O3/c18-17(24)20-9-1-3-12(11-20)16(23)19-13-5-7-14(8-6-13)21-10-2-4-15(21)22/h5-8,12H,1-4,9-11H2,(H2,18,24)(H,19,23)/t12-/m0/s1. The zero-order valence-electron chi connectivity index (χ0n) is 13.5. The van der Waals surface area contributed by atoms with Crippen molar-refractivity contribution in [3.8, 4) is 0 Å². The van der Waals surface area contributed by atoms with E-state index in [1.807, 2.05) is 12.1 Å². The Hall–Kier alpha value is -2.57. The SMILES string of the molecule is NC(=O)N1CCC[C@H](C(=O)Nc2ccc(N3CCCC3=O)cc2)C1. The highest BCUT2D eigenvalue weighted by atomic mass is 16.2. The van der Waals surface area contributed by atoms with Gasteiger partial charge in [-0.3, -0.25) is 9.59 Å². The third kappa shape index (κ3) is 3.50. The van der Waals surface area contributed by atoms with Crippen molar-refractivity contribution in [3.63, 3.8) is 0 Å². The van der Waals surface area contributed by atoms with E-state index in [0.717, 1.165) is 31.5 Å². The van der Waals surface area contributed by atoms with Crippen LogP contribution < -0.4 is 16.0 Å². The first-order valence-corrected chi connectivity index (χ1v) is 8.30. The zero-order valence-corrected chi connectivity index (χ0v) is 13.5. The molecule has 0 saturated carbocycles. The van der Waals surface area contributed by atoms with E-state index >= 15 is 0 Å². The van der Waals surface area contributed by atoms with Crippen LogP contribution >= 0.6 is 0 Å². The van der Waals surface area contributed by atoms with Gasteiger partial charge in [0, 0.05) is 37.4 Å². The molecule has 0 bridgehead atoms. The smallest absolute Gasteiger partial charge is 0.314 e. The van der Waals surface area contributed by atoms with Crippen molar-refractivity contribution < 1.29 is 14.4 Å². The molecular formula is C17H22N4O3. The van der Waals surface area contributed by atoms with Crippen LogP contribution in [0.25, 0.3) is 0 Å². The molecule has 1 aromatic carbocycles. The van der Waals surface area contributed by atoms with Crippen LogP contribution in [-0.2, 0) is 9.59 Å². The number of hydrogen-bond donors (Lipinski definition) is 2. The van der Waals surface area contributed by atoms with E-state index in [1.165, 1.54) is 4.90 Å². The molecule has 2 aliphatic rings. The van der Waals surface area contributed by atoms with E-state index < -0.39 is 6.03 Å². The van der Waals surface area contributed by atoms with Gasteiger partial charge >= 0.3 is 6.03 Å². The molecule has 4 amide bonds. The van der Waals surface area contributed by atoms with E-state index in [1.54, 1.807) is 17.0 Å². The first kappa shape index (κ1) is 16.3. The maximum absolute atomic E-state index is 12.4. The molecular weight excluding hydrogens is 308 g/mol. The highest BCUT2D eigenvalue weighted by Crippen LogP contribution is 2.24. The Bertz CT molecular complexity index is 644. The summed E-state index contributed by atoms with van der Waals surface area (Å²) in [6.07, 6.45) is 3.00. The number of urea groups is 1. The summed E-state index contributed by atoms with van der Waals surface area (Å²) in [5.74, 6) is -0.211. The lowest BCUT2D eigenvalue weighted by atomic mass is 9.97. The van der Waals surface area contributed by atoms with Crippen LogP contribution in [0.5, 0.6) is 0 Å². The van der Waals surface area contributed by atoms with E-state index in [0.29, 0.717) is 25.2 Å². The Balaban J connectivity index is 1.60. The Labute approximate surface area is 140 Å². The average Bonchev–Trinajstić information content (AvgIpc) is 3.01. The summed E-state index contributed by atoms with van der Waals surface area (Å²) in [5, 5.41) is 2.88. The first-order valence-electron chi connectivity index (χ1n) is 8.30.